The fraction of sp³-hybridized carbons (Fsp3) is 0.263. The van der Waals surface area contributed by atoms with E-state index in [1.807, 2.05) is 0 Å². The van der Waals surface area contributed by atoms with E-state index in [-0.39, 0.29) is 10.8 Å². The molecule has 38 heavy (non-hydrogen) atoms. The molecule has 0 amide bonds. The van der Waals surface area contributed by atoms with Crippen molar-refractivity contribution in [2.45, 2.75) is 65.2 Å². The Bertz CT molecular complexity index is 1580. The molecule has 0 nitrogen and oxygen atoms in total. The van der Waals surface area contributed by atoms with Crippen LogP contribution in [0.1, 0.15) is 75.8 Å². The highest BCUT2D eigenvalue weighted by Crippen LogP contribution is 2.55. The van der Waals surface area contributed by atoms with E-state index in [1.165, 1.54) is 66.8 Å². The van der Waals surface area contributed by atoms with Crippen LogP contribution in [0.4, 0.5) is 0 Å². The van der Waals surface area contributed by atoms with E-state index in [0.717, 1.165) is 12.8 Å². The molecule has 0 radical (unpaired) electrons. The maximum absolute atomic E-state index is 2.48. The second kappa shape index (κ2) is 8.98. The van der Waals surface area contributed by atoms with Crippen LogP contribution in [0.5, 0.6) is 0 Å². The summed E-state index contributed by atoms with van der Waals surface area (Å²) in [7, 11) is 0. The van der Waals surface area contributed by atoms with E-state index in [0.29, 0.717) is 0 Å². The molecule has 2 aliphatic carbocycles. The minimum absolute atomic E-state index is 0.0339. The van der Waals surface area contributed by atoms with Gasteiger partial charge in [-0.3, -0.25) is 0 Å². The molecule has 6 rings (SSSR count). The van der Waals surface area contributed by atoms with Crippen molar-refractivity contribution in [2.24, 2.45) is 0 Å². The Hall–Kier alpha value is -3.64. The summed E-state index contributed by atoms with van der Waals surface area (Å²) in [6.45, 7) is 14.1. The van der Waals surface area contributed by atoms with Gasteiger partial charge in [0.1, 0.15) is 0 Å². The van der Waals surface area contributed by atoms with E-state index >= 15 is 0 Å². The molecule has 190 valence electrons. The lowest BCUT2D eigenvalue weighted by molar-refractivity contribution is 0.589. The Morgan fingerprint density at radius 1 is 0.605 bits per heavy atom. The molecule has 0 atom stereocenters. The van der Waals surface area contributed by atoms with Crippen LogP contribution in [0.15, 0.2) is 97.1 Å². The van der Waals surface area contributed by atoms with Gasteiger partial charge < -0.3 is 0 Å². The lowest BCUT2D eigenvalue weighted by Gasteiger charge is -2.32. The van der Waals surface area contributed by atoms with E-state index in [2.05, 4.69) is 139 Å². The summed E-state index contributed by atoms with van der Waals surface area (Å²) in [4.78, 5) is 0. The SMILES string of the molecule is CC(C)(C)c1ccc2c(c1)Cc1c(C3=CC=CC3)c(C(C)(C)C)c(-c3ccccc3)c(-c3ccccc3)c1-2. The van der Waals surface area contributed by atoms with E-state index in [9.17, 15) is 0 Å². The molecule has 0 N–H and O–H groups in total. The smallest absolute Gasteiger partial charge is 0.000695 e. The van der Waals surface area contributed by atoms with Crippen LogP contribution in [0.25, 0.3) is 39.0 Å². The first-order valence-corrected chi connectivity index (χ1v) is 14.0. The maximum Gasteiger partial charge on any atom is -0.000695 e. The van der Waals surface area contributed by atoms with E-state index < -0.39 is 0 Å². The Balaban J connectivity index is 1.81. The molecule has 0 fully saturated rings. The third-order valence-corrected chi connectivity index (χ3v) is 8.18. The van der Waals surface area contributed by atoms with Crippen LogP contribution in [0.2, 0.25) is 0 Å². The second-order valence-electron chi connectivity index (χ2n) is 13.0. The van der Waals surface area contributed by atoms with Gasteiger partial charge in [-0.05, 0) is 90.4 Å². The molecule has 0 saturated carbocycles. The molecule has 0 bridgehead atoms. The highest BCUT2D eigenvalue weighted by molar-refractivity contribution is 6.04. The fourth-order valence-corrected chi connectivity index (χ4v) is 6.44. The molecule has 4 aromatic rings. The van der Waals surface area contributed by atoms with Crippen LogP contribution in [0, 0.1) is 0 Å². The molecule has 0 heteroatoms. The number of rotatable bonds is 3. The molecule has 0 unspecified atom stereocenters. The predicted octanol–water partition coefficient (Wildman–Crippen LogP) is 10.5. The first-order valence-electron chi connectivity index (χ1n) is 14.0. The lowest BCUT2D eigenvalue weighted by atomic mass is 9.71. The highest BCUT2D eigenvalue weighted by atomic mass is 14.4. The van der Waals surface area contributed by atoms with Crippen molar-refractivity contribution in [3.63, 3.8) is 0 Å². The van der Waals surface area contributed by atoms with Crippen molar-refractivity contribution in [2.75, 3.05) is 0 Å². The number of hydrogen-bond acceptors (Lipinski definition) is 0. The maximum atomic E-state index is 2.48. The summed E-state index contributed by atoms with van der Waals surface area (Å²) in [5.74, 6) is 0. The first-order chi connectivity index (χ1) is 18.1. The van der Waals surface area contributed by atoms with Crippen LogP contribution < -0.4 is 0 Å². The first kappa shape index (κ1) is 24.7. The number of benzene rings is 4. The summed E-state index contributed by atoms with van der Waals surface area (Å²) in [6, 6.07) is 29.4. The largest absolute Gasteiger partial charge is 0.0801 e. The summed E-state index contributed by atoms with van der Waals surface area (Å²) >= 11 is 0. The zero-order chi connectivity index (χ0) is 26.7. The Morgan fingerprint density at radius 2 is 1.24 bits per heavy atom. The predicted molar refractivity (Wildman–Crippen MR) is 165 cm³/mol. The van der Waals surface area contributed by atoms with Gasteiger partial charge in [0.05, 0.1) is 0 Å². The average molecular weight is 495 g/mol. The molecule has 0 saturated heterocycles. The topological polar surface area (TPSA) is 0 Å². The van der Waals surface area contributed by atoms with Crippen LogP contribution in [-0.2, 0) is 17.3 Å². The third-order valence-electron chi connectivity index (χ3n) is 8.18. The molecule has 4 aromatic carbocycles. The minimum Gasteiger partial charge on any atom is -0.0801 e. The second-order valence-corrected chi connectivity index (χ2v) is 13.0. The zero-order valence-corrected chi connectivity index (χ0v) is 23.7. The molecular weight excluding hydrogens is 456 g/mol. The summed E-state index contributed by atoms with van der Waals surface area (Å²) in [5, 5.41) is 0. The number of allylic oxidation sites excluding steroid dienone is 4. The Morgan fingerprint density at radius 3 is 1.79 bits per heavy atom. The van der Waals surface area contributed by atoms with Crippen molar-refractivity contribution in [1.29, 1.82) is 0 Å². The van der Waals surface area contributed by atoms with Gasteiger partial charge >= 0.3 is 0 Å². The van der Waals surface area contributed by atoms with Crippen LogP contribution in [-0.4, -0.2) is 0 Å². The summed E-state index contributed by atoms with van der Waals surface area (Å²) in [5.41, 5.74) is 17.1. The lowest BCUT2D eigenvalue weighted by Crippen LogP contribution is -2.18. The van der Waals surface area contributed by atoms with Crippen molar-refractivity contribution < 1.29 is 0 Å². The van der Waals surface area contributed by atoms with Crippen LogP contribution in [0.3, 0.4) is 0 Å². The molecule has 0 spiro atoms. The van der Waals surface area contributed by atoms with Gasteiger partial charge in [-0.25, -0.2) is 0 Å². The van der Waals surface area contributed by atoms with Crippen molar-refractivity contribution in [1.82, 2.24) is 0 Å². The van der Waals surface area contributed by atoms with E-state index in [4.69, 9.17) is 0 Å². The molecule has 0 aliphatic heterocycles. The van der Waals surface area contributed by atoms with Gasteiger partial charge in [0.25, 0.3) is 0 Å². The van der Waals surface area contributed by atoms with Gasteiger partial charge in [0.15, 0.2) is 0 Å². The fourth-order valence-electron chi connectivity index (χ4n) is 6.44. The number of hydrogen-bond donors (Lipinski definition) is 0. The zero-order valence-electron chi connectivity index (χ0n) is 23.7. The molecular formula is C38H38. The third kappa shape index (κ3) is 4.08. The Kier molecular flexibility index (Phi) is 5.84. The average Bonchev–Trinajstić information content (AvgIpc) is 3.55. The van der Waals surface area contributed by atoms with Gasteiger partial charge in [0.2, 0.25) is 0 Å². The highest BCUT2D eigenvalue weighted by Gasteiger charge is 2.36. The van der Waals surface area contributed by atoms with Crippen molar-refractivity contribution in [3.8, 4) is 33.4 Å². The van der Waals surface area contributed by atoms with E-state index in [1.54, 1.807) is 0 Å². The monoisotopic (exact) mass is 494 g/mol. The molecule has 2 aliphatic rings. The standard InChI is InChI=1S/C38H38/c1-37(2,3)29-21-22-30-28(23-29)24-31-32(25-19-13-14-20-25)36(38(4,5)6)34(27-17-11-8-12-18-27)33(35(30)31)26-15-9-7-10-16-26/h7-19,21-23H,20,24H2,1-6H3. The van der Waals surface area contributed by atoms with Crippen molar-refractivity contribution >= 4 is 5.57 Å². The summed E-state index contributed by atoms with van der Waals surface area (Å²) < 4.78 is 0. The quantitative estimate of drug-likeness (QED) is 0.234. The molecule has 0 heterocycles. The minimum atomic E-state index is -0.0339. The van der Waals surface area contributed by atoms with Crippen molar-refractivity contribution in [3.05, 3.63) is 125 Å². The number of fused-ring (bicyclic) bond motifs is 3. The summed E-state index contributed by atoms with van der Waals surface area (Å²) in [6.07, 6.45) is 8.88. The Labute approximate surface area is 228 Å². The van der Waals surface area contributed by atoms with Gasteiger partial charge in [-0.1, -0.05) is 139 Å². The van der Waals surface area contributed by atoms with Gasteiger partial charge in [-0.15, -0.1) is 0 Å². The normalized spacial score (nSPS) is 14.4. The van der Waals surface area contributed by atoms with Gasteiger partial charge in [-0.2, -0.15) is 0 Å². The molecule has 0 aromatic heterocycles. The van der Waals surface area contributed by atoms with Crippen LogP contribution >= 0.6 is 0 Å². The van der Waals surface area contributed by atoms with Gasteiger partial charge in [0, 0.05) is 0 Å².